The molecule has 108 valence electrons. The van der Waals surface area contributed by atoms with Crippen LogP contribution in [-0.4, -0.2) is 14.8 Å². The first-order chi connectivity index (χ1) is 10.3. The molecule has 1 atom stereocenters. The number of nitrogens with zero attached hydrogens (tertiary/aromatic N) is 4. The zero-order chi connectivity index (χ0) is 14.7. The van der Waals surface area contributed by atoms with E-state index in [9.17, 15) is 5.26 Å². The van der Waals surface area contributed by atoms with E-state index < -0.39 is 0 Å². The molecule has 0 amide bonds. The zero-order valence-corrected chi connectivity index (χ0v) is 12.4. The number of hydrogen-bond acceptors (Lipinski definition) is 3. The number of hydrogen-bond donors (Lipinski definition) is 0. The van der Waals surface area contributed by atoms with Gasteiger partial charge in [-0.2, -0.15) is 10.4 Å². The second-order valence-electron chi connectivity index (χ2n) is 5.91. The van der Waals surface area contributed by atoms with Crippen molar-refractivity contribution in [3.05, 3.63) is 47.5 Å². The SMILES string of the molecule is CCCn1ncnc1CC1(C#N)CCc2ccccc2C1. The van der Waals surface area contributed by atoms with Gasteiger partial charge >= 0.3 is 0 Å². The van der Waals surface area contributed by atoms with Crippen LogP contribution in [0.25, 0.3) is 0 Å². The largest absolute Gasteiger partial charge is 0.250 e. The van der Waals surface area contributed by atoms with Crippen LogP contribution in [0.3, 0.4) is 0 Å². The second kappa shape index (κ2) is 5.69. The smallest absolute Gasteiger partial charge is 0.138 e. The van der Waals surface area contributed by atoms with E-state index in [1.165, 1.54) is 11.1 Å². The summed E-state index contributed by atoms with van der Waals surface area (Å²) in [6.07, 6.45) is 6.02. The van der Waals surface area contributed by atoms with Crippen molar-refractivity contribution in [1.82, 2.24) is 14.8 Å². The highest BCUT2D eigenvalue weighted by Crippen LogP contribution is 2.37. The maximum atomic E-state index is 9.78. The Hall–Kier alpha value is -2.15. The van der Waals surface area contributed by atoms with Gasteiger partial charge in [-0.15, -0.1) is 0 Å². The first-order valence-electron chi connectivity index (χ1n) is 7.61. The summed E-state index contributed by atoms with van der Waals surface area (Å²) < 4.78 is 1.94. The van der Waals surface area contributed by atoms with Gasteiger partial charge in [0.25, 0.3) is 0 Å². The fourth-order valence-electron chi connectivity index (χ4n) is 3.21. The molecule has 0 spiro atoms. The molecule has 1 aliphatic carbocycles. The van der Waals surface area contributed by atoms with Crippen molar-refractivity contribution >= 4 is 0 Å². The molecular formula is C17H20N4. The fraction of sp³-hybridized carbons (Fsp3) is 0.471. The third-order valence-corrected chi connectivity index (χ3v) is 4.38. The van der Waals surface area contributed by atoms with E-state index in [2.05, 4.69) is 47.3 Å². The van der Waals surface area contributed by atoms with Crippen LogP contribution < -0.4 is 0 Å². The number of aryl methyl sites for hydroxylation is 2. The molecule has 21 heavy (non-hydrogen) atoms. The van der Waals surface area contributed by atoms with Gasteiger partial charge in [-0.05, 0) is 36.8 Å². The van der Waals surface area contributed by atoms with Gasteiger partial charge in [0.2, 0.25) is 0 Å². The minimum atomic E-state index is -0.340. The highest BCUT2D eigenvalue weighted by molar-refractivity contribution is 5.33. The quantitative estimate of drug-likeness (QED) is 0.865. The van der Waals surface area contributed by atoms with Crippen LogP contribution in [0.5, 0.6) is 0 Å². The van der Waals surface area contributed by atoms with Gasteiger partial charge in [-0.1, -0.05) is 31.2 Å². The van der Waals surface area contributed by atoms with Crippen LogP contribution in [0, 0.1) is 16.7 Å². The molecule has 0 fully saturated rings. The molecule has 0 aliphatic heterocycles. The molecule has 0 bridgehead atoms. The summed E-state index contributed by atoms with van der Waals surface area (Å²) in [5.74, 6) is 0.942. The van der Waals surface area contributed by atoms with Crippen molar-refractivity contribution in [2.24, 2.45) is 5.41 Å². The van der Waals surface area contributed by atoms with Crippen molar-refractivity contribution in [2.75, 3.05) is 0 Å². The fourth-order valence-corrected chi connectivity index (χ4v) is 3.21. The third kappa shape index (κ3) is 2.69. The molecule has 3 rings (SSSR count). The van der Waals surface area contributed by atoms with E-state index in [1.807, 2.05) is 4.68 Å². The van der Waals surface area contributed by atoms with Gasteiger partial charge in [-0.25, -0.2) is 4.98 Å². The summed E-state index contributed by atoms with van der Waals surface area (Å²) in [6.45, 7) is 3.00. The highest BCUT2D eigenvalue weighted by Gasteiger charge is 2.36. The number of fused-ring (bicyclic) bond motifs is 1. The van der Waals surface area contributed by atoms with Crippen molar-refractivity contribution in [3.63, 3.8) is 0 Å². The molecule has 1 aliphatic rings. The molecule has 0 saturated carbocycles. The van der Waals surface area contributed by atoms with Crippen LogP contribution >= 0.6 is 0 Å². The van der Waals surface area contributed by atoms with Gasteiger partial charge in [0.15, 0.2) is 0 Å². The van der Waals surface area contributed by atoms with E-state index in [-0.39, 0.29) is 5.41 Å². The third-order valence-electron chi connectivity index (χ3n) is 4.38. The Morgan fingerprint density at radius 1 is 1.33 bits per heavy atom. The topological polar surface area (TPSA) is 54.5 Å². The Morgan fingerprint density at radius 2 is 2.14 bits per heavy atom. The monoisotopic (exact) mass is 280 g/mol. The Labute approximate surface area is 125 Å². The predicted octanol–water partition coefficient (Wildman–Crippen LogP) is 2.93. The van der Waals surface area contributed by atoms with E-state index >= 15 is 0 Å². The first-order valence-corrected chi connectivity index (χ1v) is 7.61. The van der Waals surface area contributed by atoms with Gasteiger partial charge < -0.3 is 0 Å². The minimum Gasteiger partial charge on any atom is -0.250 e. The Kier molecular flexibility index (Phi) is 3.74. The molecule has 0 radical (unpaired) electrons. The standard InChI is InChI=1S/C17H20N4/c1-2-9-21-16(19-13-20-21)11-17(12-18)8-7-14-5-3-4-6-15(14)10-17/h3-6,13H,2,7-11H2,1H3. The number of benzene rings is 1. The van der Waals surface area contributed by atoms with Gasteiger partial charge in [0, 0.05) is 13.0 Å². The van der Waals surface area contributed by atoms with E-state index in [0.29, 0.717) is 6.42 Å². The second-order valence-corrected chi connectivity index (χ2v) is 5.91. The van der Waals surface area contributed by atoms with Crippen LogP contribution in [0.15, 0.2) is 30.6 Å². The molecule has 4 nitrogen and oxygen atoms in total. The van der Waals surface area contributed by atoms with Crippen LogP contribution in [0.1, 0.15) is 36.7 Å². The summed E-state index contributed by atoms with van der Waals surface area (Å²) in [6, 6.07) is 11.1. The summed E-state index contributed by atoms with van der Waals surface area (Å²) in [5.41, 5.74) is 2.36. The summed E-state index contributed by atoms with van der Waals surface area (Å²) in [7, 11) is 0. The Balaban J connectivity index is 1.86. The average molecular weight is 280 g/mol. The van der Waals surface area contributed by atoms with Gasteiger partial charge in [0.05, 0.1) is 11.5 Å². The maximum Gasteiger partial charge on any atom is 0.138 e. The molecule has 0 N–H and O–H groups in total. The number of rotatable bonds is 4. The minimum absolute atomic E-state index is 0.340. The average Bonchev–Trinajstić information content (AvgIpc) is 2.94. The molecular weight excluding hydrogens is 260 g/mol. The lowest BCUT2D eigenvalue weighted by Crippen LogP contribution is -2.31. The molecule has 1 heterocycles. The molecule has 0 saturated heterocycles. The van der Waals surface area contributed by atoms with E-state index in [1.54, 1.807) is 6.33 Å². The van der Waals surface area contributed by atoms with E-state index in [4.69, 9.17) is 0 Å². The van der Waals surface area contributed by atoms with Gasteiger partial charge in [-0.3, -0.25) is 4.68 Å². The summed E-state index contributed by atoms with van der Waals surface area (Å²) >= 11 is 0. The Bertz CT molecular complexity index is 667. The molecule has 1 aromatic heterocycles. The molecule has 1 aromatic carbocycles. The highest BCUT2D eigenvalue weighted by atomic mass is 15.3. The van der Waals surface area contributed by atoms with Crippen molar-refractivity contribution < 1.29 is 0 Å². The predicted molar refractivity (Wildman–Crippen MR) is 80.5 cm³/mol. The lowest BCUT2D eigenvalue weighted by atomic mass is 9.70. The molecule has 4 heteroatoms. The van der Waals surface area contributed by atoms with Crippen LogP contribution in [0.4, 0.5) is 0 Å². The molecule has 1 unspecified atom stereocenters. The zero-order valence-electron chi connectivity index (χ0n) is 12.4. The van der Waals surface area contributed by atoms with E-state index in [0.717, 1.165) is 38.1 Å². The summed E-state index contributed by atoms with van der Waals surface area (Å²) in [5, 5.41) is 14.1. The van der Waals surface area contributed by atoms with Crippen LogP contribution in [0.2, 0.25) is 0 Å². The molecule has 2 aromatic rings. The Morgan fingerprint density at radius 3 is 2.90 bits per heavy atom. The van der Waals surface area contributed by atoms with Crippen molar-refractivity contribution in [2.45, 2.75) is 45.6 Å². The van der Waals surface area contributed by atoms with Crippen LogP contribution in [-0.2, 0) is 25.8 Å². The van der Waals surface area contributed by atoms with Crippen molar-refractivity contribution in [3.8, 4) is 6.07 Å². The summed E-state index contributed by atoms with van der Waals surface area (Å²) in [4.78, 5) is 4.38. The lowest BCUT2D eigenvalue weighted by molar-refractivity contribution is 0.325. The normalized spacial score (nSPS) is 20.8. The lowest BCUT2D eigenvalue weighted by Gasteiger charge is -2.32. The number of nitriles is 1. The van der Waals surface area contributed by atoms with Crippen molar-refractivity contribution in [1.29, 1.82) is 5.26 Å². The first kappa shape index (κ1) is 13.8. The maximum absolute atomic E-state index is 9.78. The van der Waals surface area contributed by atoms with Gasteiger partial charge in [0.1, 0.15) is 12.2 Å². The number of aromatic nitrogens is 3.